The lowest BCUT2D eigenvalue weighted by Gasteiger charge is -2.19. The Hall–Kier alpha value is -7.28. The number of benzene rings is 11. The van der Waals surface area contributed by atoms with E-state index in [9.17, 15) is 0 Å². The van der Waals surface area contributed by atoms with E-state index in [2.05, 4.69) is 206 Å². The maximum Gasteiger partial charge on any atom is -0.00141 e. The Balaban J connectivity index is 1.25. The van der Waals surface area contributed by atoms with Crippen molar-refractivity contribution in [1.82, 2.24) is 0 Å². The van der Waals surface area contributed by atoms with Crippen LogP contribution in [0.3, 0.4) is 0 Å². The molecule has 56 heavy (non-hydrogen) atoms. The molecule has 0 heterocycles. The summed E-state index contributed by atoms with van der Waals surface area (Å²) in [4.78, 5) is 0. The number of hydrogen-bond acceptors (Lipinski definition) is 0. The summed E-state index contributed by atoms with van der Waals surface area (Å²) in [5.74, 6) is 0. The van der Waals surface area contributed by atoms with Gasteiger partial charge in [0.1, 0.15) is 0 Å². The smallest absolute Gasteiger partial charge is 0.00141 e. The third-order valence-corrected chi connectivity index (χ3v) is 12.1. The second kappa shape index (κ2) is 12.1. The summed E-state index contributed by atoms with van der Waals surface area (Å²) in [5.41, 5.74) is 7.36. The van der Waals surface area contributed by atoms with E-state index in [0.29, 0.717) is 0 Å². The van der Waals surface area contributed by atoms with E-state index < -0.39 is 0 Å². The third kappa shape index (κ3) is 4.60. The van der Waals surface area contributed by atoms with Crippen LogP contribution in [0, 0.1) is 0 Å². The molecule has 0 bridgehead atoms. The standard InChI is InChI=1S/C56H34/c1-2-14-35(15-3-1)39-30-40(32-41(31-39)54-43-20-7-5-17-37(43)33-53-42-19-6-4-16-36(42)28-29-51(53)54)52-34-38-18-12-25-48-46-23-10-8-21-44(46)45-22-9-11-24-47(45)49-26-13-27-50(52)56(49)55(38)48/h1-34H. The highest BCUT2D eigenvalue weighted by Crippen LogP contribution is 2.46. The monoisotopic (exact) mass is 706 g/mol. The minimum atomic E-state index is 1.21. The first kappa shape index (κ1) is 31.1. The zero-order valence-corrected chi connectivity index (χ0v) is 30.6. The van der Waals surface area contributed by atoms with Crippen LogP contribution < -0.4 is 0 Å². The van der Waals surface area contributed by atoms with Crippen LogP contribution in [0.5, 0.6) is 0 Å². The van der Waals surface area contributed by atoms with Gasteiger partial charge in [0.25, 0.3) is 0 Å². The molecule has 0 saturated heterocycles. The summed E-state index contributed by atoms with van der Waals surface area (Å²) in [6, 6.07) is 76.9. The molecule has 0 saturated carbocycles. The molecule has 0 heteroatoms. The molecule has 12 aromatic rings. The topological polar surface area (TPSA) is 0 Å². The highest BCUT2D eigenvalue weighted by atomic mass is 14.2. The minimum Gasteiger partial charge on any atom is -0.0622 e. The van der Waals surface area contributed by atoms with E-state index in [4.69, 9.17) is 0 Å². The second-order valence-corrected chi connectivity index (χ2v) is 15.2. The van der Waals surface area contributed by atoms with Gasteiger partial charge in [0, 0.05) is 0 Å². The van der Waals surface area contributed by atoms with Crippen molar-refractivity contribution in [3.8, 4) is 33.4 Å². The highest BCUT2D eigenvalue weighted by Gasteiger charge is 2.19. The maximum absolute atomic E-state index is 2.45. The van der Waals surface area contributed by atoms with Gasteiger partial charge in [-0.25, -0.2) is 0 Å². The van der Waals surface area contributed by atoms with E-state index in [1.54, 1.807) is 0 Å². The first-order valence-corrected chi connectivity index (χ1v) is 19.5. The van der Waals surface area contributed by atoms with Crippen LogP contribution in [0.15, 0.2) is 206 Å². The SMILES string of the molecule is c1ccc(-c2cc(-c3c4ccccc4cc4c3ccc3ccccc34)cc(-c3cc4cccc5c6ccccc6c6ccccc6c6cccc3c6c45)c2)cc1. The number of fused-ring (bicyclic) bond motifs is 9. The van der Waals surface area contributed by atoms with Gasteiger partial charge in [0.2, 0.25) is 0 Å². The molecule has 0 radical (unpaired) electrons. The van der Waals surface area contributed by atoms with Gasteiger partial charge in [-0.2, -0.15) is 0 Å². The summed E-state index contributed by atoms with van der Waals surface area (Å²) in [5, 5.41) is 20.4. The van der Waals surface area contributed by atoms with Gasteiger partial charge in [-0.3, -0.25) is 0 Å². The first-order valence-electron chi connectivity index (χ1n) is 19.5. The fraction of sp³-hybridized carbons (Fsp3) is 0. The molecule has 0 aliphatic carbocycles. The van der Waals surface area contributed by atoms with Gasteiger partial charge < -0.3 is 0 Å². The highest BCUT2D eigenvalue weighted by molar-refractivity contribution is 6.34. The fourth-order valence-corrected chi connectivity index (χ4v) is 9.70. The Labute approximate surface area is 324 Å². The average molecular weight is 707 g/mol. The first-order chi connectivity index (χ1) is 27.8. The molecule has 0 spiro atoms. The number of rotatable bonds is 3. The van der Waals surface area contributed by atoms with E-state index in [1.807, 2.05) is 0 Å². The predicted molar refractivity (Wildman–Crippen MR) is 243 cm³/mol. The number of hydrogen-bond donors (Lipinski definition) is 0. The molecule has 0 aliphatic heterocycles. The van der Waals surface area contributed by atoms with E-state index >= 15 is 0 Å². The molecule has 0 amide bonds. The average Bonchev–Trinajstić information content (AvgIpc) is 3.27. The summed E-state index contributed by atoms with van der Waals surface area (Å²) in [6.07, 6.45) is 0. The quantitative estimate of drug-likeness (QED) is 0.127. The molecular weight excluding hydrogens is 673 g/mol. The van der Waals surface area contributed by atoms with Gasteiger partial charge in [-0.1, -0.05) is 176 Å². The van der Waals surface area contributed by atoms with Gasteiger partial charge in [-0.05, 0) is 150 Å². The Morgan fingerprint density at radius 1 is 0.196 bits per heavy atom. The van der Waals surface area contributed by atoms with Crippen LogP contribution >= 0.6 is 0 Å². The van der Waals surface area contributed by atoms with E-state index in [1.165, 1.54) is 120 Å². The summed E-state index contributed by atoms with van der Waals surface area (Å²) in [6.45, 7) is 0. The van der Waals surface area contributed by atoms with Crippen LogP contribution in [-0.4, -0.2) is 0 Å². The third-order valence-electron chi connectivity index (χ3n) is 12.1. The lowest BCUT2D eigenvalue weighted by atomic mass is 9.84. The Morgan fingerprint density at radius 3 is 1.46 bits per heavy atom. The fourth-order valence-electron chi connectivity index (χ4n) is 9.70. The van der Waals surface area contributed by atoms with Crippen LogP contribution in [0.1, 0.15) is 0 Å². The van der Waals surface area contributed by atoms with Gasteiger partial charge in [0.15, 0.2) is 0 Å². The summed E-state index contributed by atoms with van der Waals surface area (Å²) in [7, 11) is 0. The maximum atomic E-state index is 2.45. The predicted octanol–water partition coefficient (Wildman–Crippen LogP) is 15.9. The second-order valence-electron chi connectivity index (χ2n) is 15.2. The van der Waals surface area contributed by atoms with E-state index in [0.717, 1.165) is 0 Å². The summed E-state index contributed by atoms with van der Waals surface area (Å²) >= 11 is 0. The van der Waals surface area contributed by atoms with Crippen LogP contribution in [0.25, 0.3) is 120 Å². The lowest BCUT2D eigenvalue weighted by Crippen LogP contribution is -1.92. The summed E-state index contributed by atoms with van der Waals surface area (Å²) < 4.78 is 0. The van der Waals surface area contributed by atoms with Gasteiger partial charge in [-0.15, -0.1) is 0 Å². The normalized spacial score (nSPS) is 11.9. The molecule has 258 valence electrons. The zero-order valence-electron chi connectivity index (χ0n) is 30.6. The van der Waals surface area contributed by atoms with Crippen molar-refractivity contribution >= 4 is 86.2 Å². The molecule has 0 unspecified atom stereocenters. The lowest BCUT2D eigenvalue weighted by molar-refractivity contribution is 1.60. The van der Waals surface area contributed by atoms with Crippen molar-refractivity contribution in [1.29, 1.82) is 0 Å². The molecule has 0 nitrogen and oxygen atoms in total. The van der Waals surface area contributed by atoms with Crippen LogP contribution in [0.2, 0.25) is 0 Å². The molecule has 12 rings (SSSR count). The van der Waals surface area contributed by atoms with Crippen molar-refractivity contribution in [3.05, 3.63) is 206 Å². The van der Waals surface area contributed by atoms with Crippen LogP contribution in [0.4, 0.5) is 0 Å². The Kier molecular flexibility index (Phi) is 6.73. The molecule has 0 N–H and O–H groups in total. The van der Waals surface area contributed by atoms with Gasteiger partial charge in [0.05, 0.1) is 0 Å². The molecule has 0 atom stereocenters. The van der Waals surface area contributed by atoms with Crippen molar-refractivity contribution in [2.75, 3.05) is 0 Å². The molecule has 12 aromatic carbocycles. The van der Waals surface area contributed by atoms with Gasteiger partial charge >= 0.3 is 0 Å². The van der Waals surface area contributed by atoms with E-state index in [-0.39, 0.29) is 0 Å². The van der Waals surface area contributed by atoms with Crippen molar-refractivity contribution in [2.24, 2.45) is 0 Å². The molecule has 0 aliphatic rings. The van der Waals surface area contributed by atoms with Crippen molar-refractivity contribution in [3.63, 3.8) is 0 Å². The van der Waals surface area contributed by atoms with Crippen molar-refractivity contribution < 1.29 is 0 Å². The Morgan fingerprint density at radius 2 is 0.714 bits per heavy atom. The molecule has 0 fully saturated rings. The molecular formula is C56H34. The Bertz CT molecular complexity index is 3570. The largest absolute Gasteiger partial charge is 0.0622 e. The molecule has 0 aromatic heterocycles. The van der Waals surface area contributed by atoms with Crippen molar-refractivity contribution in [2.45, 2.75) is 0 Å². The van der Waals surface area contributed by atoms with Crippen LogP contribution in [-0.2, 0) is 0 Å². The minimum absolute atomic E-state index is 1.21. The zero-order chi connectivity index (χ0) is 36.7.